The molecule has 2 heterocycles. The van der Waals surface area contributed by atoms with Crippen LogP contribution in [0.3, 0.4) is 0 Å². The molecule has 3 heteroatoms. The Labute approximate surface area is 206 Å². The van der Waals surface area contributed by atoms with Crippen LogP contribution in [0.1, 0.15) is 114 Å². The van der Waals surface area contributed by atoms with Gasteiger partial charge in [0.2, 0.25) is 0 Å². The van der Waals surface area contributed by atoms with Crippen LogP contribution < -0.4 is 4.90 Å². The van der Waals surface area contributed by atoms with E-state index in [0.717, 1.165) is 36.3 Å². The SMILES string of the molecule is CC.CC.CCCC1(C(C)C)CN(c2ncnc3ccccc23)C1.CCCCC(CC)CC. The Hall–Kier alpha value is -1.64. The minimum Gasteiger partial charge on any atom is -0.355 e. The Balaban J connectivity index is 0.000000669. The molecule has 1 aromatic heterocycles. The van der Waals surface area contributed by atoms with Crippen molar-refractivity contribution in [1.82, 2.24) is 9.97 Å². The molecule has 190 valence electrons. The maximum Gasteiger partial charge on any atom is 0.139 e. The van der Waals surface area contributed by atoms with E-state index in [9.17, 15) is 0 Å². The Morgan fingerprint density at radius 3 is 2.00 bits per heavy atom. The van der Waals surface area contributed by atoms with E-state index in [2.05, 4.69) is 74.6 Å². The highest BCUT2D eigenvalue weighted by Crippen LogP contribution is 2.44. The van der Waals surface area contributed by atoms with E-state index in [4.69, 9.17) is 0 Å². The average Bonchev–Trinajstić information content (AvgIpc) is 2.84. The first-order valence-corrected chi connectivity index (χ1v) is 14.0. The molecule has 0 spiro atoms. The van der Waals surface area contributed by atoms with Gasteiger partial charge < -0.3 is 4.90 Å². The number of para-hydroxylation sites is 1. The van der Waals surface area contributed by atoms with Crippen LogP contribution in [0.15, 0.2) is 30.6 Å². The molecule has 1 saturated heterocycles. The molecule has 1 aliphatic rings. The number of unbranched alkanes of at least 4 members (excludes halogenated alkanes) is 1. The average molecular weight is 458 g/mol. The Bertz CT molecular complexity index is 710. The van der Waals surface area contributed by atoms with Crippen LogP contribution in [-0.2, 0) is 0 Å². The van der Waals surface area contributed by atoms with Gasteiger partial charge in [0.25, 0.3) is 0 Å². The third kappa shape index (κ3) is 9.26. The van der Waals surface area contributed by atoms with Crippen LogP contribution in [-0.4, -0.2) is 23.1 Å². The molecule has 2 aromatic rings. The smallest absolute Gasteiger partial charge is 0.139 e. The third-order valence-electron chi connectivity index (χ3n) is 6.93. The van der Waals surface area contributed by atoms with Gasteiger partial charge in [0.05, 0.1) is 5.52 Å². The van der Waals surface area contributed by atoms with Crippen molar-refractivity contribution in [1.29, 1.82) is 0 Å². The standard InChI is InChI=1S/C17H23N3.C9H20.2C2H6/c1-4-9-17(13(2)3)10-20(11-17)16-14-7-5-6-8-15(14)18-12-19-16;1-4-7-8-9(5-2)6-3;2*1-2/h5-8,12-13H,4,9-11H2,1-3H3;9H,4-8H2,1-3H3;2*1-2H3. The molecule has 0 amide bonds. The lowest BCUT2D eigenvalue weighted by Gasteiger charge is -2.54. The number of hydrogen-bond acceptors (Lipinski definition) is 3. The van der Waals surface area contributed by atoms with Crippen molar-refractivity contribution in [3.05, 3.63) is 30.6 Å². The number of anilines is 1. The van der Waals surface area contributed by atoms with Gasteiger partial charge in [-0.05, 0) is 30.4 Å². The molecule has 0 bridgehead atoms. The van der Waals surface area contributed by atoms with E-state index in [1.165, 1.54) is 50.3 Å². The third-order valence-corrected chi connectivity index (χ3v) is 6.93. The van der Waals surface area contributed by atoms with Crippen LogP contribution in [0.2, 0.25) is 0 Å². The Morgan fingerprint density at radius 1 is 0.879 bits per heavy atom. The summed E-state index contributed by atoms with van der Waals surface area (Å²) < 4.78 is 0. The summed E-state index contributed by atoms with van der Waals surface area (Å²) >= 11 is 0. The summed E-state index contributed by atoms with van der Waals surface area (Å²) in [5.41, 5.74) is 1.51. The highest BCUT2D eigenvalue weighted by atomic mass is 15.3. The maximum absolute atomic E-state index is 4.53. The fourth-order valence-electron chi connectivity index (χ4n) is 4.61. The lowest BCUT2D eigenvalue weighted by atomic mass is 9.68. The van der Waals surface area contributed by atoms with Crippen LogP contribution in [0, 0.1) is 17.3 Å². The molecule has 1 aliphatic heterocycles. The van der Waals surface area contributed by atoms with Gasteiger partial charge in [0.1, 0.15) is 12.1 Å². The van der Waals surface area contributed by atoms with Crippen molar-refractivity contribution >= 4 is 16.7 Å². The summed E-state index contributed by atoms with van der Waals surface area (Å²) in [7, 11) is 0. The first-order chi connectivity index (χ1) is 16.0. The molecule has 0 atom stereocenters. The van der Waals surface area contributed by atoms with Crippen LogP contribution in [0.25, 0.3) is 10.9 Å². The molecule has 1 aromatic carbocycles. The first-order valence-electron chi connectivity index (χ1n) is 14.0. The zero-order valence-electron chi connectivity index (χ0n) is 23.7. The van der Waals surface area contributed by atoms with Gasteiger partial charge in [0, 0.05) is 23.9 Å². The number of nitrogens with zero attached hydrogens (tertiary/aromatic N) is 3. The molecule has 3 rings (SSSR count). The summed E-state index contributed by atoms with van der Waals surface area (Å²) in [6.45, 7) is 24.1. The molecule has 0 aliphatic carbocycles. The highest BCUT2D eigenvalue weighted by molar-refractivity contribution is 5.89. The van der Waals surface area contributed by atoms with E-state index < -0.39 is 0 Å². The highest BCUT2D eigenvalue weighted by Gasteiger charge is 2.45. The van der Waals surface area contributed by atoms with Crippen molar-refractivity contribution in [3.8, 4) is 0 Å². The topological polar surface area (TPSA) is 29.0 Å². The molecule has 0 saturated carbocycles. The minimum absolute atomic E-state index is 0.473. The fourth-order valence-corrected chi connectivity index (χ4v) is 4.61. The van der Waals surface area contributed by atoms with E-state index in [0.29, 0.717) is 5.41 Å². The van der Waals surface area contributed by atoms with E-state index in [1.807, 2.05) is 33.8 Å². The van der Waals surface area contributed by atoms with Crippen molar-refractivity contribution in [2.24, 2.45) is 17.3 Å². The molecule has 0 N–H and O–H groups in total. The zero-order chi connectivity index (χ0) is 25.3. The summed E-state index contributed by atoms with van der Waals surface area (Å²) in [6.07, 6.45) is 11.2. The molecule has 0 unspecified atom stereocenters. The molecule has 1 fully saturated rings. The predicted octanol–water partition coefficient (Wildman–Crippen LogP) is 9.56. The number of aromatic nitrogens is 2. The van der Waals surface area contributed by atoms with Gasteiger partial charge in [0.15, 0.2) is 0 Å². The number of hydrogen-bond donors (Lipinski definition) is 0. The van der Waals surface area contributed by atoms with E-state index in [1.54, 1.807) is 6.33 Å². The first kappa shape index (κ1) is 31.4. The van der Waals surface area contributed by atoms with Gasteiger partial charge in [-0.1, -0.05) is 120 Å². The van der Waals surface area contributed by atoms with Gasteiger partial charge in [-0.15, -0.1) is 0 Å². The largest absolute Gasteiger partial charge is 0.355 e. The lowest BCUT2D eigenvalue weighted by Crippen LogP contribution is -2.59. The number of benzene rings is 1. The van der Waals surface area contributed by atoms with E-state index in [-0.39, 0.29) is 0 Å². The number of rotatable bonds is 9. The zero-order valence-corrected chi connectivity index (χ0v) is 23.7. The van der Waals surface area contributed by atoms with Gasteiger partial charge in [-0.3, -0.25) is 0 Å². The van der Waals surface area contributed by atoms with Crippen molar-refractivity contribution < 1.29 is 0 Å². The van der Waals surface area contributed by atoms with Crippen molar-refractivity contribution in [2.45, 2.75) is 114 Å². The van der Waals surface area contributed by atoms with Crippen LogP contribution in [0.5, 0.6) is 0 Å². The van der Waals surface area contributed by atoms with Crippen molar-refractivity contribution in [3.63, 3.8) is 0 Å². The Morgan fingerprint density at radius 2 is 1.48 bits per heavy atom. The summed E-state index contributed by atoms with van der Waals surface area (Å²) in [5, 5.41) is 1.17. The summed E-state index contributed by atoms with van der Waals surface area (Å²) in [6, 6.07) is 8.28. The molecule has 3 nitrogen and oxygen atoms in total. The van der Waals surface area contributed by atoms with Gasteiger partial charge in [-0.25, -0.2) is 9.97 Å². The van der Waals surface area contributed by atoms with Crippen LogP contribution in [0.4, 0.5) is 5.82 Å². The molecular formula is C30H55N3. The van der Waals surface area contributed by atoms with Gasteiger partial charge >= 0.3 is 0 Å². The molecular weight excluding hydrogens is 402 g/mol. The Kier molecular flexibility index (Phi) is 16.9. The number of fused-ring (bicyclic) bond motifs is 1. The minimum atomic E-state index is 0.473. The fraction of sp³-hybridized carbons (Fsp3) is 0.733. The maximum atomic E-state index is 4.53. The normalized spacial score (nSPS) is 13.9. The van der Waals surface area contributed by atoms with E-state index >= 15 is 0 Å². The second kappa shape index (κ2) is 17.8. The molecule has 33 heavy (non-hydrogen) atoms. The summed E-state index contributed by atoms with van der Waals surface area (Å²) in [4.78, 5) is 11.3. The van der Waals surface area contributed by atoms with Crippen molar-refractivity contribution in [2.75, 3.05) is 18.0 Å². The second-order valence-corrected chi connectivity index (χ2v) is 9.16. The lowest BCUT2D eigenvalue weighted by molar-refractivity contribution is 0.118. The second-order valence-electron chi connectivity index (χ2n) is 9.16. The monoisotopic (exact) mass is 457 g/mol. The quantitative estimate of drug-likeness (QED) is 0.375. The van der Waals surface area contributed by atoms with Crippen LogP contribution >= 0.6 is 0 Å². The molecule has 0 radical (unpaired) electrons. The summed E-state index contributed by atoms with van der Waals surface area (Å²) in [5.74, 6) is 2.83. The predicted molar refractivity (Wildman–Crippen MR) is 150 cm³/mol. The van der Waals surface area contributed by atoms with Gasteiger partial charge in [-0.2, -0.15) is 0 Å².